The van der Waals surface area contributed by atoms with Crippen LogP contribution in [0.15, 0.2) is 36.4 Å². The van der Waals surface area contributed by atoms with Crippen LogP contribution in [0.1, 0.15) is 55.5 Å². The van der Waals surface area contributed by atoms with E-state index in [9.17, 15) is 14.7 Å². The number of carbonyl (C=O) groups is 2. The van der Waals surface area contributed by atoms with E-state index in [-0.39, 0.29) is 24.5 Å². The summed E-state index contributed by atoms with van der Waals surface area (Å²) in [6.07, 6.45) is -1.00. The number of urea groups is 1. The molecule has 1 saturated heterocycles. The second-order valence-corrected chi connectivity index (χ2v) is 9.92. The smallest absolute Gasteiger partial charge is 0.325 e. The summed E-state index contributed by atoms with van der Waals surface area (Å²) >= 11 is 0. The number of nitrogens with one attached hydrogen (secondary N) is 1. The molecule has 172 valence electrons. The Morgan fingerprint density at radius 1 is 1.03 bits per heavy atom. The predicted molar refractivity (Wildman–Crippen MR) is 125 cm³/mol. The summed E-state index contributed by atoms with van der Waals surface area (Å²) in [5.74, 6) is 0.345. The van der Waals surface area contributed by atoms with Crippen LogP contribution in [0.2, 0.25) is 0 Å². The fourth-order valence-corrected chi connectivity index (χ4v) is 3.95. The largest absolute Gasteiger partial charge is 0.490 e. The van der Waals surface area contributed by atoms with E-state index in [4.69, 9.17) is 4.74 Å². The molecule has 6 nitrogen and oxygen atoms in total. The highest BCUT2D eigenvalue weighted by atomic mass is 16.5. The third kappa shape index (κ3) is 4.51. The van der Waals surface area contributed by atoms with Gasteiger partial charge >= 0.3 is 6.03 Å². The molecule has 1 fully saturated rings. The molecule has 3 amide bonds. The zero-order chi connectivity index (χ0) is 23.8. The molecule has 0 unspecified atom stereocenters. The van der Waals surface area contributed by atoms with E-state index < -0.39 is 17.7 Å². The average Bonchev–Trinajstić information content (AvgIpc) is 2.94. The highest BCUT2D eigenvalue weighted by Crippen LogP contribution is 2.31. The lowest BCUT2D eigenvalue weighted by molar-refractivity contribution is -0.132. The number of aliphatic hydroxyl groups is 1. The first kappa shape index (κ1) is 23.8. The second-order valence-electron chi connectivity index (χ2n) is 9.92. The maximum absolute atomic E-state index is 13.2. The van der Waals surface area contributed by atoms with Crippen LogP contribution >= 0.6 is 0 Å². The zero-order valence-electron chi connectivity index (χ0n) is 20.1. The molecular formula is C26H34N2O4. The SMILES string of the molecule is Cc1ccc(C)c(OC[C@@H](O)CN2C(=O)N[C@](C)(c3ccc(C(C)(C)C)cc3)C2=O)c1C. The van der Waals surface area contributed by atoms with Gasteiger partial charge in [0.2, 0.25) is 0 Å². The number of ether oxygens (including phenoxy) is 1. The fourth-order valence-electron chi connectivity index (χ4n) is 3.95. The van der Waals surface area contributed by atoms with Crippen molar-refractivity contribution in [3.05, 3.63) is 64.2 Å². The topological polar surface area (TPSA) is 78.9 Å². The van der Waals surface area contributed by atoms with Gasteiger partial charge in [0.15, 0.2) is 0 Å². The Bertz CT molecular complexity index is 1020. The van der Waals surface area contributed by atoms with Gasteiger partial charge in [0.25, 0.3) is 5.91 Å². The van der Waals surface area contributed by atoms with Crippen LogP contribution in [0.3, 0.4) is 0 Å². The summed E-state index contributed by atoms with van der Waals surface area (Å²) in [4.78, 5) is 26.8. The molecule has 1 heterocycles. The molecule has 0 saturated carbocycles. The van der Waals surface area contributed by atoms with Crippen LogP contribution < -0.4 is 10.1 Å². The van der Waals surface area contributed by atoms with Gasteiger partial charge in [0.1, 0.15) is 24.0 Å². The van der Waals surface area contributed by atoms with Crippen molar-refractivity contribution < 1.29 is 19.4 Å². The van der Waals surface area contributed by atoms with Crippen LogP contribution in [-0.4, -0.2) is 41.2 Å². The van der Waals surface area contributed by atoms with Crippen molar-refractivity contribution >= 4 is 11.9 Å². The molecular weight excluding hydrogens is 404 g/mol. The van der Waals surface area contributed by atoms with Gasteiger partial charge in [-0.05, 0) is 60.9 Å². The Kier molecular flexibility index (Phi) is 6.38. The minimum absolute atomic E-state index is 0.00743. The standard InChI is InChI=1S/C26H34N2O4/c1-16-8-9-17(2)22(18(16)3)32-15-21(29)14-28-23(30)26(7,27-24(28)31)20-12-10-19(11-13-20)25(4,5)6/h8-13,21,29H,14-15H2,1-7H3,(H,27,31)/t21-,26+/m0/s1. The van der Waals surface area contributed by atoms with E-state index in [1.807, 2.05) is 57.2 Å². The minimum atomic E-state index is -1.17. The molecule has 3 rings (SSSR count). The molecule has 0 radical (unpaired) electrons. The van der Waals surface area contributed by atoms with Crippen LogP contribution in [-0.2, 0) is 15.7 Å². The first-order valence-corrected chi connectivity index (χ1v) is 11.0. The lowest BCUT2D eigenvalue weighted by Gasteiger charge is -2.25. The molecule has 6 heteroatoms. The molecule has 2 N–H and O–H groups in total. The first-order chi connectivity index (χ1) is 14.8. The molecule has 2 atom stereocenters. The van der Waals surface area contributed by atoms with Crippen molar-refractivity contribution in [2.75, 3.05) is 13.2 Å². The van der Waals surface area contributed by atoms with Crippen molar-refractivity contribution in [1.82, 2.24) is 10.2 Å². The Morgan fingerprint density at radius 2 is 1.62 bits per heavy atom. The predicted octanol–water partition coefficient (Wildman–Crippen LogP) is 4.12. The van der Waals surface area contributed by atoms with E-state index in [2.05, 4.69) is 26.1 Å². The number of amides is 3. The zero-order valence-corrected chi connectivity index (χ0v) is 20.1. The lowest BCUT2D eigenvalue weighted by Crippen LogP contribution is -2.42. The third-order valence-corrected chi connectivity index (χ3v) is 6.29. The van der Waals surface area contributed by atoms with E-state index in [0.717, 1.165) is 32.9 Å². The van der Waals surface area contributed by atoms with Crippen LogP contribution in [0.25, 0.3) is 0 Å². The van der Waals surface area contributed by atoms with E-state index in [1.165, 1.54) is 0 Å². The van der Waals surface area contributed by atoms with Gasteiger partial charge < -0.3 is 15.2 Å². The molecule has 0 spiro atoms. The minimum Gasteiger partial charge on any atom is -0.490 e. The van der Waals surface area contributed by atoms with Gasteiger partial charge in [-0.1, -0.05) is 57.2 Å². The lowest BCUT2D eigenvalue weighted by atomic mass is 9.84. The number of hydrogen-bond donors (Lipinski definition) is 2. The van der Waals surface area contributed by atoms with E-state index in [1.54, 1.807) is 6.92 Å². The molecule has 1 aliphatic rings. The third-order valence-electron chi connectivity index (χ3n) is 6.29. The van der Waals surface area contributed by atoms with Gasteiger partial charge in [-0.15, -0.1) is 0 Å². The molecule has 2 aromatic carbocycles. The summed E-state index contributed by atoms with van der Waals surface area (Å²) in [6, 6.07) is 11.2. The van der Waals surface area contributed by atoms with Crippen molar-refractivity contribution in [2.45, 2.75) is 65.5 Å². The average molecular weight is 439 g/mol. The Hall–Kier alpha value is -2.86. The van der Waals surface area contributed by atoms with Gasteiger partial charge in [-0.3, -0.25) is 9.69 Å². The number of benzene rings is 2. The number of carbonyl (C=O) groups excluding carboxylic acids is 2. The number of aryl methyl sites for hydroxylation is 2. The summed E-state index contributed by atoms with van der Waals surface area (Å²) in [5.41, 5.74) is 3.77. The van der Waals surface area contributed by atoms with Gasteiger partial charge in [0.05, 0.1) is 6.54 Å². The van der Waals surface area contributed by atoms with Crippen molar-refractivity contribution in [2.24, 2.45) is 0 Å². The fraction of sp³-hybridized carbons (Fsp3) is 0.462. The van der Waals surface area contributed by atoms with Crippen LogP contribution in [0.5, 0.6) is 5.75 Å². The van der Waals surface area contributed by atoms with E-state index in [0.29, 0.717) is 5.56 Å². The Labute approximate surface area is 190 Å². The maximum Gasteiger partial charge on any atom is 0.325 e. The molecule has 0 aromatic heterocycles. The quantitative estimate of drug-likeness (QED) is 0.665. The first-order valence-electron chi connectivity index (χ1n) is 11.0. The molecule has 2 aromatic rings. The van der Waals surface area contributed by atoms with Gasteiger partial charge in [0, 0.05) is 0 Å². The van der Waals surface area contributed by atoms with Crippen molar-refractivity contribution in [1.29, 1.82) is 0 Å². The number of β-amino-alcohol motifs (C(OH)–C–C–N with tert-alkyl or cyclic N) is 1. The number of aliphatic hydroxyl groups excluding tert-OH is 1. The van der Waals surface area contributed by atoms with E-state index >= 15 is 0 Å². The maximum atomic E-state index is 13.2. The summed E-state index contributed by atoms with van der Waals surface area (Å²) in [7, 11) is 0. The summed E-state index contributed by atoms with van der Waals surface area (Å²) in [5, 5.41) is 13.3. The van der Waals surface area contributed by atoms with Gasteiger partial charge in [-0.25, -0.2) is 4.79 Å². The number of imide groups is 1. The monoisotopic (exact) mass is 438 g/mol. The normalized spacial score (nSPS) is 19.8. The molecule has 32 heavy (non-hydrogen) atoms. The Balaban J connectivity index is 1.70. The van der Waals surface area contributed by atoms with Crippen LogP contribution in [0, 0.1) is 20.8 Å². The van der Waals surface area contributed by atoms with Crippen LogP contribution in [0.4, 0.5) is 4.79 Å². The summed E-state index contributed by atoms with van der Waals surface area (Å²) in [6.45, 7) is 13.8. The Morgan fingerprint density at radius 3 is 2.22 bits per heavy atom. The number of rotatable bonds is 6. The second kappa shape index (κ2) is 8.58. The van der Waals surface area contributed by atoms with Gasteiger partial charge in [-0.2, -0.15) is 0 Å². The molecule has 0 bridgehead atoms. The highest BCUT2D eigenvalue weighted by molar-refractivity contribution is 6.07. The molecule has 0 aliphatic carbocycles. The number of hydrogen-bond acceptors (Lipinski definition) is 4. The molecule has 1 aliphatic heterocycles. The highest BCUT2D eigenvalue weighted by Gasteiger charge is 2.49. The summed E-state index contributed by atoms with van der Waals surface area (Å²) < 4.78 is 5.85. The number of nitrogens with zero attached hydrogens (tertiary/aromatic N) is 1. The van der Waals surface area contributed by atoms with Crippen molar-refractivity contribution in [3.8, 4) is 5.75 Å². The van der Waals surface area contributed by atoms with Crippen molar-refractivity contribution in [3.63, 3.8) is 0 Å².